The van der Waals surface area contributed by atoms with Gasteiger partial charge in [-0.3, -0.25) is 9.59 Å². The zero-order valence-corrected chi connectivity index (χ0v) is 15.4. The second-order valence-corrected chi connectivity index (χ2v) is 6.39. The minimum atomic E-state index is -0.509. The summed E-state index contributed by atoms with van der Waals surface area (Å²) in [5.74, 6) is -0.283. The number of halogens is 1. The lowest BCUT2D eigenvalue weighted by Gasteiger charge is -2.22. The van der Waals surface area contributed by atoms with Gasteiger partial charge in [0.25, 0.3) is 11.5 Å². The summed E-state index contributed by atoms with van der Waals surface area (Å²) >= 11 is 0. The van der Waals surface area contributed by atoms with E-state index in [2.05, 4.69) is 4.98 Å². The van der Waals surface area contributed by atoms with Gasteiger partial charge >= 0.3 is 0 Å². The molecule has 1 heterocycles. The highest BCUT2D eigenvalue weighted by Crippen LogP contribution is 2.19. The zero-order chi connectivity index (χ0) is 20.1. The minimum Gasteiger partial charge on any atom is -0.497 e. The number of nitrogens with zero attached hydrogens (tertiary/aromatic N) is 1. The van der Waals surface area contributed by atoms with Gasteiger partial charge < -0.3 is 19.7 Å². The molecule has 6 nitrogen and oxygen atoms in total. The first-order valence-electron chi connectivity index (χ1n) is 8.87. The van der Waals surface area contributed by atoms with Crippen molar-refractivity contribution in [1.29, 1.82) is 0 Å². The van der Waals surface area contributed by atoms with Gasteiger partial charge in [0.2, 0.25) is 0 Å². The molecule has 0 saturated carbocycles. The zero-order valence-electron chi connectivity index (χ0n) is 15.4. The number of fused-ring (bicyclic) bond motifs is 1. The van der Waals surface area contributed by atoms with Crippen LogP contribution in [0.1, 0.15) is 22.3 Å². The Morgan fingerprint density at radius 3 is 2.75 bits per heavy atom. The summed E-state index contributed by atoms with van der Waals surface area (Å²) in [5.41, 5.74) is 0.911. The standard InChI is InChI=1S/C21H21FN2O4/c1-28-18-7-6-14-10-16(20(26)23-19(14)12-18)13-24(8-3-9-25)21(27)15-4-2-5-17(22)11-15/h2,4-7,10-12,25H,3,8-9,13H2,1H3,(H,23,26). The number of aromatic nitrogens is 1. The first-order valence-corrected chi connectivity index (χ1v) is 8.87. The molecule has 0 atom stereocenters. The Morgan fingerprint density at radius 1 is 1.21 bits per heavy atom. The average Bonchev–Trinajstić information content (AvgIpc) is 2.70. The maximum atomic E-state index is 13.5. The second kappa shape index (κ2) is 8.67. The van der Waals surface area contributed by atoms with Crippen molar-refractivity contribution in [3.05, 3.63) is 75.8 Å². The number of amides is 1. The van der Waals surface area contributed by atoms with Crippen molar-refractivity contribution < 1.29 is 19.0 Å². The van der Waals surface area contributed by atoms with E-state index in [0.29, 0.717) is 23.3 Å². The third-order valence-corrected chi connectivity index (χ3v) is 4.44. The van der Waals surface area contributed by atoms with Gasteiger partial charge in [0, 0.05) is 30.3 Å². The molecule has 0 aliphatic rings. The average molecular weight is 384 g/mol. The number of pyridine rings is 1. The van der Waals surface area contributed by atoms with Crippen LogP contribution in [0.2, 0.25) is 0 Å². The van der Waals surface area contributed by atoms with Gasteiger partial charge in [0.05, 0.1) is 19.2 Å². The predicted octanol–water partition coefficient (Wildman–Crippen LogP) is 2.70. The highest BCUT2D eigenvalue weighted by molar-refractivity contribution is 5.94. The van der Waals surface area contributed by atoms with Crippen LogP contribution in [0.15, 0.2) is 53.3 Å². The number of ether oxygens (including phenoxy) is 1. The number of benzene rings is 2. The highest BCUT2D eigenvalue weighted by atomic mass is 19.1. The first-order chi connectivity index (χ1) is 13.5. The molecule has 0 spiro atoms. The van der Waals surface area contributed by atoms with E-state index in [1.807, 2.05) is 6.07 Å². The molecule has 0 fully saturated rings. The number of H-pyrrole nitrogens is 1. The number of aliphatic hydroxyl groups is 1. The van der Waals surface area contributed by atoms with Gasteiger partial charge in [-0.05, 0) is 48.2 Å². The number of aromatic amines is 1. The van der Waals surface area contributed by atoms with E-state index in [9.17, 15) is 14.0 Å². The lowest BCUT2D eigenvalue weighted by Crippen LogP contribution is -2.34. The number of carbonyl (C=O) groups is 1. The van der Waals surface area contributed by atoms with Crippen molar-refractivity contribution in [2.75, 3.05) is 20.3 Å². The van der Waals surface area contributed by atoms with Crippen molar-refractivity contribution >= 4 is 16.8 Å². The van der Waals surface area contributed by atoms with Crippen molar-refractivity contribution in [3.63, 3.8) is 0 Å². The van der Waals surface area contributed by atoms with E-state index in [1.54, 1.807) is 25.3 Å². The van der Waals surface area contributed by atoms with Crippen LogP contribution in [0.3, 0.4) is 0 Å². The van der Waals surface area contributed by atoms with Crippen LogP contribution < -0.4 is 10.3 Å². The molecule has 0 radical (unpaired) electrons. The molecule has 1 aromatic heterocycles. The number of hydrogen-bond acceptors (Lipinski definition) is 4. The van der Waals surface area contributed by atoms with E-state index in [4.69, 9.17) is 9.84 Å². The quantitative estimate of drug-likeness (QED) is 0.656. The SMILES string of the molecule is COc1ccc2cc(CN(CCCO)C(=O)c3cccc(F)c3)c(=O)[nH]c2c1. The highest BCUT2D eigenvalue weighted by Gasteiger charge is 2.18. The predicted molar refractivity (Wildman–Crippen MR) is 104 cm³/mol. The molecule has 2 aromatic carbocycles. The fraction of sp³-hybridized carbons (Fsp3) is 0.238. The maximum Gasteiger partial charge on any atom is 0.254 e. The number of rotatable bonds is 7. The Bertz CT molecular complexity index is 1050. The number of methoxy groups -OCH3 is 1. The van der Waals surface area contributed by atoms with Crippen LogP contribution in [0.25, 0.3) is 10.9 Å². The molecule has 7 heteroatoms. The summed E-state index contributed by atoms with van der Waals surface area (Å²) in [7, 11) is 1.55. The van der Waals surface area contributed by atoms with Gasteiger partial charge in [-0.25, -0.2) is 4.39 Å². The second-order valence-electron chi connectivity index (χ2n) is 6.39. The van der Waals surface area contributed by atoms with Gasteiger partial charge in [0.1, 0.15) is 11.6 Å². The Balaban J connectivity index is 1.93. The van der Waals surface area contributed by atoms with Crippen LogP contribution in [0.5, 0.6) is 5.75 Å². The molecule has 28 heavy (non-hydrogen) atoms. The van der Waals surface area contributed by atoms with Crippen molar-refractivity contribution in [2.45, 2.75) is 13.0 Å². The van der Waals surface area contributed by atoms with Crippen LogP contribution >= 0.6 is 0 Å². The first kappa shape index (κ1) is 19.6. The molecule has 0 bridgehead atoms. The van der Waals surface area contributed by atoms with Gasteiger partial charge in [-0.15, -0.1) is 0 Å². The summed E-state index contributed by atoms with van der Waals surface area (Å²) in [6, 6.07) is 12.5. The Hall–Kier alpha value is -3.19. The van der Waals surface area contributed by atoms with Gasteiger partial charge in [-0.2, -0.15) is 0 Å². The maximum absolute atomic E-state index is 13.5. The third-order valence-electron chi connectivity index (χ3n) is 4.44. The van der Waals surface area contributed by atoms with Crippen molar-refractivity contribution in [3.8, 4) is 5.75 Å². The van der Waals surface area contributed by atoms with Crippen LogP contribution in [0, 0.1) is 5.82 Å². The summed E-state index contributed by atoms with van der Waals surface area (Å²) in [6.07, 6.45) is 0.351. The summed E-state index contributed by atoms with van der Waals surface area (Å²) < 4.78 is 18.7. The van der Waals surface area contributed by atoms with Crippen LogP contribution in [-0.4, -0.2) is 41.2 Å². The molecule has 2 N–H and O–H groups in total. The molecule has 146 valence electrons. The van der Waals surface area contributed by atoms with E-state index < -0.39 is 11.7 Å². The fourth-order valence-corrected chi connectivity index (χ4v) is 2.99. The van der Waals surface area contributed by atoms with E-state index in [0.717, 1.165) is 11.5 Å². The smallest absolute Gasteiger partial charge is 0.254 e. The molecule has 0 aliphatic carbocycles. The number of nitrogens with one attached hydrogen (secondary N) is 1. The van der Waals surface area contributed by atoms with E-state index in [1.165, 1.54) is 23.1 Å². The Morgan fingerprint density at radius 2 is 2.04 bits per heavy atom. The Kier molecular flexibility index (Phi) is 6.06. The topological polar surface area (TPSA) is 82.6 Å². The molecule has 1 amide bonds. The molecule has 0 unspecified atom stereocenters. The van der Waals surface area contributed by atoms with E-state index in [-0.39, 0.29) is 30.8 Å². The molecular formula is C21H21FN2O4. The van der Waals surface area contributed by atoms with Crippen LogP contribution in [-0.2, 0) is 6.54 Å². The van der Waals surface area contributed by atoms with Crippen LogP contribution in [0.4, 0.5) is 4.39 Å². The van der Waals surface area contributed by atoms with Crippen molar-refractivity contribution in [2.24, 2.45) is 0 Å². The Labute approximate surface area is 161 Å². The minimum absolute atomic E-state index is 0.0483. The molecule has 0 aliphatic heterocycles. The van der Waals surface area contributed by atoms with Crippen molar-refractivity contribution in [1.82, 2.24) is 9.88 Å². The van der Waals surface area contributed by atoms with E-state index >= 15 is 0 Å². The lowest BCUT2D eigenvalue weighted by molar-refractivity contribution is 0.0731. The molecule has 3 rings (SSSR count). The van der Waals surface area contributed by atoms with Gasteiger partial charge in [0.15, 0.2) is 0 Å². The fourth-order valence-electron chi connectivity index (χ4n) is 2.99. The summed E-state index contributed by atoms with van der Waals surface area (Å²) in [4.78, 5) is 29.6. The lowest BCUT2D eigenvalue weighted by atomic mass is 10.1. The monoisotopic (exact) mass is 384 g/mol. The number of aliphatic hydroxyl groups excluding tert-OH is 1. The summed E-state index contributed by atoms with van der Waals surface area (Å²) in [6.45, 7) is 0.194. The summed E-state index contributed by atoms with van der Waals surface area (Å²) in [5, 5.41) is 9.95. The van der Waals surface area contributed by atoms with Gasteiger partial charge in [-0.1, -0.05) is 6.07 Å². The number of carbonyl (C=O) groups excluding carboxylic acids is 1. The molecule has 0 saturated heterocycles. The normalized spacial score (nSPS) is 10.8. The number of hydrogen-bond donors (Lipinski definition) is 2. The molecular weight excluding hydrogens is 363 g/mol. The largest absolute Gasteiger partial charge is 0.497 e. The molecule has 3 aromatic rings. The third kappa shape index (κ3) is 4.37.